The fourth-order valence-corrected chi connectivity index (χ4v) is 2.15. The molecule has 0 aliphatic carbocycles. The first kappa shape index (κ1) is 17.2. The summed E-state index contributed by atoms with van der Waals surface area (Å²) < 4.78 is 0. The summed E-state index contributed by atoms with van der Waals surface area (Å²) in [6.45, 7) is 7.62. The normalized spacial score (nSPS) is 15.9. The number of carbonyl (C=O) groups excluding carboxylic acids is 2. The number of carboxylic acids is 1. The highest BCUT2D eigenvalue weighted by atomic mass is 16.4. The van der Waals surface area contributed by atoms with Crippen molar-refractivity contribution in [3.63, 3.8) is 0 Å². The summed E-state index contributed by atoms with van der Waals surface area (Å²) in [4.78, 5) is 37.4. The minimum absolute atomic E-state index is 0.210. The molecular formula is C13H24N4O4. The smallest absolute Gasteiger partial charge is 0.322 e. The number of piperazine rings is 1. The molecule has 0 spiro atoms. The molecule has 8 nitrogen and oxygen atoms in total. The van der Waals surface area contributed by atoms with E-state index in [2.05, 4.69) is 29.4 Å². The van der Waals surface area contributed by atoms with E-state index >= 15 is 0 Å². The van der Waals surface area contributed by atoms with Gasteiger partial charge in [0.15, 0.2) is 0 Å². The van der Waals surface area contributed by atoms with Gasteiger partial charge in [-0.3, -0.25) is 14.5 Å². The molecule has 0 atom stereocenters. The average Bonchev–Trinajstić information content (AvgIpc) is 2.42. The maximum atomic E-state index is 11.9. The molecule has 0 saturated carbocycles. The van der Waals surface area contributed by atoms with Crippen LogP contribution < -0.4 is 10.6 Å². The van der Waals surface area contributed by atoms with Gasteiger partial charge in [-0.25, -0.2) is 4.79 Å². The minimum Gasteiger partial charge on any atom is -0.480 e. The van der Waals surface area contributed by atoms with Crippen LogP contribution in [-0.4, -0.2) is 78.6 Å². The third kappa shape index (κ3) is 6.94. The van der Waals surface area contributed by atoms with E-state index in [-0.39, 0.29) is 12.6 Å². The molecule has 1 aliphatic heterocycles. The molecule has 0 aromatic heterocycles. The van der Waals surface area contributed by atoms with E-state index in [4.69, 9.17) is 5.11 Å². The van der Waals surface area contributed by atoms with Crippen LogP contribution in [0.25, 0.3) is 0 Å². The van der Waals surface area contributed by atoms with Crippen LogP contribution in [0.2, 0.25) is 0 Å². The standard InChI is InChI=1S/C13H24N4O4/c1-10(2)9-16-3-5-17(6-4-16)13(21)15-7-11(18)14-8-12(19)20/h10H,3-9H2,1-2H3,(H,14,18)(H,15,21)(H,19,20). The molecule has 3 N–H and O–H groups in total. The molecule has 1 fully saturated rings. The Balaban J connectivity index is 2.22. The van der Waals surface area contributed by atoms with E-state index < -0.39 is 18.4 Å². The highest BCUT2D eigenvalue weighted by Crippen LogP contribution is 2.05. The van der Waals surface area contributed by atoms with Gasteiger partial charge < -0.3 is 20.6 Å². The van der Waals surface area contributed by atoms with Crippen molar-refractivity contribution >= 4 is 17.9 Å². The lowest BCUT2D eigenvalue weighted by Gasteiger charge is -2.35. The van der Waals surface area contributed by atoms with Crippen LogP contribution in [0.15, 0.2) is 0 Å². The molecular weight excluding hydrogens is 276 g/mol. The lowest BCUT2D eigenvalue weighted by molar-refractivity contribution is -0.137. The number of hydrogen-bond acceptors (Lipinski definition) is 4. The van der Waals surface area contributed by atoms with Crippen molar-refractivity contribution < 1.29 is 19.5 Å². The van der Waals surface area contributed by atoms with Crippen LogP contribution in [0, 0.1) is 5.92 Å². The highest BCUT2D eigenvalue weighted by molar-refractivity contribution is 5.86. The molecule has 1 rings (SSSR count). The number of urea groups is 1. The fraction of sp³-hybridized carbons (Fsp3) is 0.769. The summed E-state index contributed by atoms with van der Waals surface area (Å²) in [7, 11) is 0. The second kappa shape index (κ2) is 8.46. The maximum absolute atomic E-state index is 11.9. The number of hydrogen-bond donors (Lipinski definition) is 3. The Morgan fingerprint density at radius 3 is 2.19 bits per heavy atom. The quantitative estimate of drug-likeness (QED) is 0.594. The Hall–Kier alpha value is -1.83. The molecule has 3 amide bonds. The van der Waals surface area contributed by atoms with Crippen molar-refractivity contribution in [2.75, 3.05) is 45.8 Å². The lowest BCUT2D eigenvalue weighted by Crippen LogP contribution is -2.53. The summed E-state index contributed by atoms with van der Waals surface area (Å²) in [5, 5.41) is 13.1. The van der Waals surface area contributed by atoms with Crippen LogP contribution in [0.1, 0.15) is 13.8 Å². The van der Waals surface area contributed by atoms with Gasteiger partial charge in [0.25, 0.3) is 0 Å². The molecule has 1 saturated heterocycles. The average molecular weight is 300 g/mol. The highest BCUT2D eigenvalue weighted by Gasteiger charge is 2.21. The molecule has 1 aliphatic rings. The molecule has 21 heavy (non-hydrogen) atoms. The number of carboxylic acid groups (broad SMARTS) is 1. The van der Waals surface area contributed by atoms with Crippen LogP contribution in [0.3, 0.4) is 0 Å². The van der Waals surface area contributed by atoms with Gasteiger partial charge in [-0.05, 0) is 5.92 Å². The second-order valence-electron chi connectivity index (χ2n) is 5.51. The van der Waals surface area contributed by atoms with Gasteiger partial charge in [0.1, 0.15) is 6.54 Å². The Kier molecular flexibility index (Phi) is 6.93. The zero-order valence-electron chi connectivity index (χ0n) is 12.6. The zero-order chi connectivity index (χ0) is 15.8. The Bertz CT molecular complexity index is 378. The third-order valence-corrected chi connectivity index (χ3v) is 3.12. The third-order valence-electron chi connectivity index (χ3n) is 3.12. The monoisotopic (exact) mass is 300 g/mol. The SMILES string of the molecule is CC(C)CN1CCN(C(=O)NCC(=O)NCC(=O)O)CC1. The molecule has 1 heterocycles. The Morgan fingerprint density at radius 2 is 1.67 bits per heavy atom. The van der Waals surface area contributed by atoms with Crippen LogP contribution in [0.4, 0.5) is 4.79 Å². The predicted octanol–water partition coefficient (Wildman–Crippen LogP) is -0.830. The number of amides is 3. The Labute approximate surface area is 124 Å². The van der Waals surface area contributed by atoms with Crippen molar-refractivity contribution in [2.24, 2.45) is 5.92 Å². The van der Waals surface area contributed by atoms with Crippen molar-refractivity contribution in [1.29, 1.82) is 0 Å². The van der Waals surface area contributed by atoms with Crippen molar-refractivity contribution in [3.05, 3.63) is 0 Å². The van der Waals surface area contributed by atoms with Crippen LogP contribution in [-0.2, 0) is 9.59 Å². The van der Waals surface area contributed by atoms with Gasteiger partial charge in [-0.1, -0.05) is 13.8 Å². The first-order chi connectivity index (χ1) is 9.88. The Morgan fingerprint density at radius 1 is 1.05 bits per heavy atom. The summed E-state index contributed by atoms with van der Waals surface area (Å²) in [5.41, 5.74) is 0. The summed E-state index contributed by atoms with van der Waals surface area (Å²) in [6, 6.07) is -0.287. The lowest BCUT2D eigenvalue weighted by atomic mass is 10.2. The van der Waals surface area contributed by atoms with Gasteiger partial charge >= 0.3 is 12.0 Å². The number of carbonyl (C=O) groups is 3. The van der Waals surface area contributed by atoms with Crippen molar-refractivity contribution in [3.8, 4) is 0 Å². The van der Waals surface area contributed by atoms with Gasteiger partial charge in [0, 0.05) is 32.7 Å². The summed E-state index contributed by atoms with van der Waals surface area (Å²) in [5.74, 6) is -1.02. The number of nitrogens with zero attached hydrogens (tertiary/aromatic N) is 2. The van der Waals surface area contributed by atoms with E-state index in [0.29, 0.717) is 19.0 Å². The first-order valence-corrected chi connectivity index (χ1v) is 7.12. The molecule has 0 radical (unpaired) electrons. The number of nitrogens with one attached hydrogen (secondary N) is 2. The van der Waals surface area contributed by atoms with E-state index in [0.717, 1.165) is 19.6 Å². The van der Waals surface area contributed by atoms with Gasteiger partial charge in [0.05, 0.1) is 6.54 Å². The van der Waals surface area contributed by atoms with Crippen LogP contribution in [0.5, 0.6) is 0 Å². The van der Waals surface area contributed by atoms with E-state index in [1.54, 1.807) is 4.90 Å². The molecule has 0 aromatic carbocycles. The number of rotatable bonds is 6. The fourth-order valence-electron chi connectivity index (χ4n) is 2.15. The van der Waals surface area contributed by atoms with Gasteiger partial charge in [-0.2, -0.15) is 0 Å². The summed E-state index contributed by atoms with van der Waals surface area (Å²) >= 11 is 0. The molecule has 0 bridgehead atoms. The molecule has 0 aromatic rings. The topological polar surface area (TPSA) is 102 Å². The second-order valence-corrected chi connectivity index (χ2v) is 5.51. The van der Waals surface area contributed by atoms with Crippen LogP contribution >= 0.6 is 0 Å². The number of aliphatic carboxylic acids is 1. The van der Waals surface area contributed by atoms with E-state index in [1.807, 2.05) is 0 Å². The van der Waals surface area contributed by atoms with Gasteiger partial charge in [-0.15, -0.1) is 0 Å². The molecule has 120 valence electrons. The molecule has 8 heteroatoms. The predicted molar refractivity (Wildman–Crippen MR) is 76.9 cm³/mol. The first-order valence-electron chi connectivity index (χ1n) is 7.12. The minimum atomic E-state index is -1.11. The van der Waals surface area contributed by atoms with E-state index in [1.165, 1.54) is 0 Å². The zero-order valence-corrected chi connectivity index (χ0v) is 12.6. The maximum Gasteiger partial charge on any atom is 0.322 e. The van der Waals surface area contributed by atoms with E-state index in [9.17, 15) is 14.4 Å². The molecule has 0 unspecified atom stereocenters. The summed E-state index contributed by atoms with van der Waals surface area (Å²) in [6.07, 6.45) is 0. The largest absolute Gasteiger partial charge is 0.480 e. The van der Waals surface area contributed by atoms with Crippen molar-refractivity contribution in [2.45, 2.75) is 13.8 Å². The van der Waals surface area contributed by atoms with Gasteiger partial charge in [0.2, 0.25) is 5.91 Å². The van der Waals surface area contributed by atoms with Crippen molar-refractivity contribution in [1.82, 2.24) is 20.4 Å².